The summed E-state index contributed by atoms with van der Waals surface area (Å²) in [5, 5.41) is 0.894. The number of rotatable bonds is 2. The van der Waals surface area contributed by atoms with E-state index in [4.69, 9.17) is 4.74 Å². The van der Waals surface area contributed by atoms with Crippen LogP contribution < -0.4 is 4.74 Å². The van der Waals surface area contributed by atoms with Crippen LogP contribution in [0, 0.1) is 0 Å². The molecule has 0 saturated heterocycles. The van der Waals surface area contributed by atoms with Crippen molar-refractivity contribution in [2.75, 3.05) is 6.61 Å². The number of nitrogens with one attached hydrogen (secondary N) is 1. The van der Waals surface area contributed by atoms with Gasteiger partial charge in [0.15, 0.2) is 0 Å². The van der Waals surface area contributed by atoms with Gasteiger partial charge in [0.2, 0.25) is 0 Å². The molecule has 1 aliphatic carbocycles. The first-order valence-electron chi connectivity index (χ1n) is 7.56. The van der Waals surface area contributed by atoms with Crippen molar-refractivity contribution in [2.45, 2.75) is 37.5 Å². The predicted molar refractivity (Wildman–Crippen MR) is 77.2 cm³/mol. The molecule has 1 unspecified atom stereocenters. The molecule has 0 bridgehead atoms. The Bertz CT molecular complexity index is 764. The normalized spacial score (nSPS) is 20.9. The summed E-state index contributed by atoms with van der Waals surface area (Å²) >= 11 is 0. The third-order valence-corrected chi connectivity index (χ3v) is 4.45. The molecule has 1 aromatic heterocycles. The zero-order valence-electron chi connectivity index (χ0n) is 12.2. The van der Waals surface area contributed by atoms with Crippen molar-refractivity contribution >= 4 is 16.8 Å². The molecular formula is C16H15F3N2O2. The third-order valence-electron chi connectivity index (χ3n) is 4.45. The summed E-state index contributed by atoms with van der Waals surface area (Å²) in [5.41, 5.74) is 1.77. The van der Waals surface area contributed by atoms with Crippen LogP contribution in [-0.4, -0.2) is 40.7 Å². The van der Waals surface area contributed by atoms with Crippen LogP contribution in [0.1, 0.15) is 18.4 Å². The third kappa shape index (κ3) is 2.44. The number of carbonyl (C=O) groups excluding carboxylic acids is 1. The number of H-pyrrole nitrogens is 1. The number of benzene rings is 1. The highest BCUT2D eigenvalue weighted by molar-refractivity contribution is 5.90. The molecule has 0 spiro atoms. The number of aromatic amines is 1. The Labute approximate surface area is 130 Å². The molecule has 0 radical (unpaired) electrons. The van der Waals surface area contributed by atoms with Gasteiger partial charge in [-0.25, -0.2) is 0 Å². The van der Waals surface area contributed by atoms with E-state index in [2.05, 4.69) is 4.98 Å². The van der Waals surface area contributed by atoms with Gasteiger partial charge in [-0.3, -0.25) is 4.79 Å². The largest absolute Gasteiger partial charge is 0.491 e. The summed E-state index contributed by atoms with van der Waals surface area (Å²) < 4.78 is 44.5. The molecule has 122 valence electrons. The highest BCUT2D eigenvalue weighted by Gasteiger charge is 2.50. The summed E-state index contributed by atoms with van der Waals surface area (Å²) in [6, 6.07) is 4.59. The van der Waals surface area contributed by atoms with Crippen LogP contribution in [0.3, 0.4) is 0 Å². The highest BCUT2D eigenvalue weighted by atomic mass is 19.4. The molecular weight excluding hydrogens is 309 g/mol. The molecule has 2 aromatic rings. The van der Waals surface area contributed by atoms with Gasteiger partial charge < -0.3 is 14.6 Å². The van der Waals surface area contributed by atoms with Gasteiger partial charge in [0.05, 0.1) is 6.04 Å². The lowest BCUT2D eigenvalue weighted by Crippen LogP contribution is -2.51. The fourth-order valence-corrected chi connectivity index (χ4v) is 3.31. The number of amides is 1. The van der Waals surface area contributed by atoms with Crippen LogP contribution in [0.5, 0.6) is 5.75 Å². The number of carbonyl (C=O) groups is 1. The van der Waals surface area contributed by atoms with Gasteiger partial charge in [-0.1, -0.05) is 6.07 Å². The quantitative estimate of drug-likeness (QED) is 0.923. The minimum Gasteiger partial charge on any atom is -0.491 e. The molecule has 1 aliphatic heterocycles. The monoisotopic (exact) mass is 324 g/mol. The first-order valence-corrected chi connectivity index (χ1v) is 7.56. The van der Waals surface area contributed by atoms with Gasteiger partial charge in [-0.2, -0.15) is 13.2 Å². The van der Waals surface area contributed by atoms with Gasteiger partial charge in [0, 0.05) is 23.1 Å². The fraction of sp³-hybridized carbons (Fsp3) is 0.438. The van der Waals surface area contributed by atoms with E-state index >= 15 is 0 Å². The molecule has 1 fully saturated rings. The van der Waals surface area contributed by atoms with Crippen molar-refractivity contribution in [3.8, 4) is 5.75 Å². The Morgan fingerprint density at radius 3 is 2.74 bits per heavy atom. The molecule has 1 atom stereocenters. The lowest BCUT2D eigenvalue weighted by molar-refractivity contribution is -0.189. The van der Waals surface area contributed by atoms with Crippen molar-refractivity contribution in [3.63, 3.8) is 0 Å². The molecule has 2 heterocycles. The van der Waals surface area contributed by atoms with E-state index in [9.17, 15) is 18.0 Å². The molecule has 4 nitrogen and oxygen atoms in total. The average Bonchev–Trinajstić information content (AvgIpc) is 3.26. The lowest BCUT2D eigenvalue weighted by Gasteiger charge is -2.31. The fourth-order valence-electron chi connectivity index (χ4n) is 3.31. The van der Waals surface area contributed by atoms with Crippen LogP contribution in [0.2, 0.25) is 0 Å². The maximum atomic E-state index is 12.9. The topological polar surface area (TPSA) is 45.3 Å². The Morgan fingerprint density at radius 1 is 1.26 bits per heavy atom. The van der Waals surface area contributed by atoms with Crippen molar-refractivity contribution in [2.24, 2.45) is 0 Å². The Morgan fingerprint density at radius 2 is 2.04 bits per heavy atom. The summed E-state index contributed by atoms with van der Waals surface area (Å²) in [6.07, 6.45) is -1.47. The second-order valence-corrected chi connectivity index (χ2v) is 6.10. The summed E-state index contributed by atoms with van der Waals surface area (Å²) in [5.74, 6) is -1.11. The molecule has 2 aliphatic rings. The van der Waals surface area contributed by atoms with Crippen molar-refractivity contribution in [1.82, 2.24) is 9.88 Å². The molecule has 7 heteroatoms. The zero-order valence-corrected chi connectivity index (χ0v) is 12.2. The van der Waals surface area contributed by atoms with E-state index < -0.39 is 18.1 Å². The Hall–Kier alpha value is -2.18. The first-order chi connectivity index (χ1) is 10.9. The predicted octanol–water partition coefficient (Wildman–Crippen LogP) is 3.02. The van der Waals surface area contributed by atoms with E-state index in [1.807, 2.05) is 12.1 Å². The summed E-state index contributed by atoms with van der Waals surface area (Å²) in [7, 11) is 0. The van der Waals surface area contributed by atoms with Crippen molar-refractivity contribution in [3.05, 3.63) is 30.0 Å². The minimum atomic E-state index is -4.85. The number of alkyl halides is 3. The zero-order chi connectivity index (χ0) is 16.2. The van der Waals surface area contributed by atoms with E-state index in [-0.39, 0.29) is 12.6 Å². The maximum Gasteiger partial charge on any atom is 0.471 e. The Kier molecular flexibility index (Phi) is 3.08. The van der Waals surface area contributed by atoms with Crippen molar-refractivity contribution < 1.29 is 22.7 Å². The van der Waals surface area contributed by atoms with Crippen molar-refractivity contribution in [1.29, 1.82) is 0 Å². The SMILES string of the molecule is O=C(N(C1CC1)C1COc2cccc3[nH]cc(c23)C1)C(F)(F)F. The van der Waals surface area contributed by atoms with Crippen LogP contribution >= 0.6 is 0 Å². The molecule has 4 rings (SSSR count). The lowest BCUT2D eigenvalue weighted by atomic mass is 10.0. The van der Waals surface area contributed by atoms with E-state index in [0.717, 1.165) is 21.4 Å². The molecule has 1 aromatic carbocycles. The number of halogens is 3. The van der Waals surface area contributed by atoms with E-state index in [0.29, 0.717) is 25.0 Å². The highest BCUT2D eigenvalue weighted by Crippen LogP contribution is 2.37. The Balaban J connectivity index is 1.69. The van der Waals surface area contributed by atoms with E-state index in [1.165, 1.54) is 0 Å². The van der Waals surface area contributed by atoms with Crippen LogP contribution in [0.4, 0.5) is 13.2 Å². The second kappa shape index (κ2) is 4.91. The van der Waals surface area contributed by atoms with E-state index in [1.54, 1.807) is 12.3 Å². The van der Waals surface area contributed by atoms with Gasteiger partial charge in [-0.05, 0) is 37.0 Å². The number of ether oxygens (including phenoxy) is 1. The number of nitrogens with zero attached hydrogens (tertiary/aromatic N) is 1. The summed E-state index contributed by atoms with van der Waals surface area (Å²) in [6.45, 7) is 0.0755. The second-order valence-electron chi connectivity index (χ2n) is 6.10. The van der Waals surface area contributed by atoms with Gasteiger partial charge in [-0.15, -0.1) is 0 Å². The van der Waals surface area contributed by atoms with Gasteiger partial charge >= 0.3 is 12.1 Å². The van der Waals surface area contributed by atoms with Crippen LogP contribution in [-0.2, 0) is 11.2 Å². The molecule has 23 heavy (non-hydrogen) atoms. The number of hydrogen-bond acceptors (Lipinski definition) is 2. The standard InChI is InChI=1S/C16H15F3N2O2/c17-16(18,19)15(22)21(10-4-5-10)11-6-9-7-20-12-2-1-3-13(14(9)12)23-8-11/h1-3,7,10-11,20H,4-6,8H2. The average molecular weight is 324 g/mol. The molecule has 1 amide bonds. The smallest absolute Gasteiger partial charge is 0.471 e. The van der Waals surface area contributed by atoms with Crippen LogP contribution in [0.15, 0.2) is 24.4 Å². The maximum absolute atomic E-state index is 12.9. The molecule has 1 N–H and O–H groups in total. The van der Waals surface area contributed by atoms with Gasteiger partial charge in [0.1, 0.15) is 12.4 Å². The minimum absolute atomic E-state index is 0.0755. The first kappa shape index (κ1) is 14.4. The summed E-state index contributed by atoms with van der Waals surface area (Å²) in [4.78, 5) is 15.9. The van der Waals surface area contributed by atoms with Crippen LogP contribution in [0.25, 0.3) is 10.9 Å². The van der Waals surface area contributed by atoms with Gasteiger partial charge in [0.25, 0.3) is 0 Å². The number of hydrogen-bond donors (Lipinski definition) is 1. The molecule has 1 saturated carbocycles. The number of aromatic nitrogens is 1.